The van der Waals surface area contributed by atoms with Crippen molar-refractivity contribution in [1.82, 2.24) is 4.90 Å². The minimum absolute atomic E-state index is 0.0387. The molecule has 0 aliphatic carbocycles. The Balaban J connectivity index is 3.92. The van der Waals surface area contributed by atoms with Gasteiger partial charge in [0.05, 0.1) is 0 Å². The summed E-state index contributed by atoms with van der Waals surface area (Å²) in [7, 11) is -1.74. The van der Waals surface area contributed by atoms with Crippen molar-refractivity contribution in [2.75, 3.05) is 19.6 Å². The fourth-order valence-corrected chi connectivity index (χ4v) is 4.92. The largest absolute Gasteiger partial charge is 0.519 e. The topological polar surface area (TPSA) is 29.5 Å². The van der Waals surface area contributed by atoms with Crippen molar-refractivity contribution >= 4 is 14.3 Å². The Morgan fingerprint density at radius 2 is 1.47 bits per heavy atom. The summed E-state index contributed by atoms with van der Waals surface area (Å²) in [5.74, 6) is 0.0387. The Morgan fingerprint density at radius 1 is 0.947 bits per heavy atom. The van der Waals surface area contributed by atoms with Gasteiger partial charge in [0.2, 0.25) is 0 Å². The Kier molecular flexibility index (Phi) is 10.2. The maximum absolute atomic E-state index is 11.9. The fraction of sp³-hybridized carbons (Fsp3) is 0.933. The van der Waals surface area contributed by atoms with Gasteiger partial charge < -0.3 is 9.33 Å². The average Bonchev–Trinajstić information content (AvgIpc) is 2.45. The fourth-order valence-electron chi connectivity index (χ4n) is 2.40. The van der Waals surface area contributed by atoms with E-state index < -0.39 is 8.32 Å². The zero-order chi connectivity index (χ0) is 14.7. The van der Waals surface area contributed by atoms with E-state index in [0.717, 1.165) is 50.6 Å². The van der Waals surface area contributed by atoms with Crippen LogP contribution in [0.2, 0.25) is 18.1 Å². The Bertz CT molecular complexity index is 230. The third-order valence-corrected chi connectivity index (χ3v) is 8.79. The molecule has 0 fully saturated rings. The van der Waals surface area contributed by atoms with Gasteiger partial charge in [-0.1, -0.05) is 34.6 Å². The molecule has 0 aromatic carbocycles. The molecule has 0 aliphatic heterocycles. The first-order valence-electron chi connectivity index (χ1n) is 8.01. The molecular formula is C15H33NO2Si. The molecule has 0 N–H and O–H groups in total. The van der Waals surface area contributed by atoms with Gasteiger partial charge in [-0.15, -0.1) is 0 Å². The number of unbranched alkanes of at least 4 members (excludes halogenated alkanes) is 1. The Labute approximate surface area is 120 Å². The summed E-state index contributed by atoms with van der Waals surface area (Å²) in [6, 6.07) is 3.14. The van der Waals surface area contributed by atoms with Crippen LogP contribution in [-0.4, -0.2) is 38.8 Å². The second-order valence-corrected chi connectivity index (χ2v) is 9.89. The van der Waals surface area contributed by atoms with Crippen molar-refractivity contribution in [2.24, 2.45) is 0 Å². The van der Waals surface area contributed by atoms with Crippen LogP contribution in [0.3, 0.4) is 0 Å². The second kappa shape index (κ2) is 10.4. The summed E-state index contributed by atoms with van der Waals surface area (Å²) in [6.07, 6.45) is 2.64. The van der Waals surface area contributed by atoms with Gasteiger partial charge in [0.25, 0.3) is 14.3 Å². The standard InChI is InChI=1S/C15H33NO2Si/c1-6-16(7-2)14-12-11-13-15(17)18-19(8-3,9-4)10-5/h6-14H2,1-5H3. The molecular weight excluding hydrogens is 254 g/mol. The Morgan fingerprint density at radius 3 is 1.89 bits per heavy atom. The Hall–Kier alpha value is -0.353. The van der Waals surface area contributed by atoms with Crippen LogP contribution in [0.1, 0.15) is 53.9 Å². The van der Waals surface area contributed by atoms with E-state index in [1.54, 1.807) is 0 Å². The number of nitrogens with zero attached hydrogens (tertiary/aromatic N) is 1. The molecule has 19 heavy (non-hydrogen) atoms. The lowest BCUT2D eigenvalue weighted by atomic mass is 10.2. The van der Waals surface area contributed by atoms with Gasteiger partial charge in [-0.05, 0) is 50.6 Å². The highest BCUT2D eigenvalue weighted by Crippen LogP contribution is 2.22. The first-order valence-corrected chi connectivity index (χ1v) is 10.5. The van der Waals surface area contributed by atoms with E-state index >= 15 is 0 Å². The number of hydrogen-bond acceptors (Lipinski definition) is 3. The van der Waals surface area contributed by atoms with Crippen LogP contribution in [0.4, 0.5) is 0 Å². The highest BCUT2D eigenvalue weighted by atomic mass is 28.4. The molecule has 3 nitrogen and oxygen atoms in total. The number of carbonyl (C=O) groups excluding carboxylic acids is 1. The smallest absolute Gasteiger partial charge is 0.292 e. The van der Waals surface area contributed by atoms with E-state index in [9.17, 15) is 4.79 Å². The summed E-state index contributed by atoms with van der Waals surface area (Å²) < 4.78 is 5.83. The van der Waals surface area contributed by atoms with E-state index in [-0.39, 0.29) is 5.97 Å². The van der Waals surface area contributed by atoms with Gasteiger partial charge in [0.15, 0.2) is 0 Å². The molecule has 0 aliphatic rings. The summed E-state index contributed by atoms with van der Waals surface area (Å²) >= 11 is 0. The predicted molar refractivity (Wildman–Crippen MR) is 84.9 cm³/mol. The van der Waals surface area contributed by atoms with Crippen LogP contribution in [0.5, 0.6) is 0 Å². The molecule has 0 radical (unpaired) electrons. The second-order valence-electron chi connectivity index (χ2n) is 5.20. The SMILES string of the molecule is CCN(CC)CCCCC(=O)O[Si](CC)(CC)CC. The van der Waals surface area contributed by atoms with E-state index in [4.69, 9.17) is 4.43 Å². The van der Waals surface area contributed by atoms with Crippen LogP contribution in [0.15, 0.2) is 0 Å². The van der Waals surface area contributed by atoms with Gasteiger partial charge in [-0.25, -0.2) is 0 Å². The van der Waals surface area contributed by atoms with Crippen LogP contribution in [-0.2, 0) is 9.22 Å². The molecule has 114 valence electrons. The molecule has 0 spiro atoms. The van der Waals surface area contributed by atoms with Crippen molar-refractivity contribution < 1.29 is 9.22 Å². The molecule has 0 heterocycles. The van der Waals surface area contributed by atoms with Crippen molar-refractivity contribution in [3.05, 3.63) is 0 Å². The lowest BCUT2D eigenvalue weighted by Gasteiger charge is -2.27. The van der Waals surface area contributed by atoms with E-state index in [1.165, 1.54) is 0 Å². The van der Waals surface area contributed by atoms with Gasteiger partial charge in [0, 0.05) is 6.42 Å². The monoisotopic (exact) mass is 287 g/mol. The van der Waals surface area contributed by atoms with Gasteiger partial charge in [-0.2, -0.15) is 0 Å². The van der Waals surface area contributed by atoms with Crippen LogP contribution in [0.25, 0.3) is 0 Å². The van der Waals surface area contributed by atoms with E-state index in [2.05, 4.69) is 39.5 Å². The van der Waals surface area contributed by atoms with Gasteiger partial charge in [0.1, 0.15) is 0 Å². The summed E-state index contributed by atoms with van der Waals surface area (Å²) in [6.45, 7) is 14.1. The molecule has 0 amide bonds. The third kappa shape index (κ3) is 7.11. The lowest BCUT2D eigenvalue weighted by molar-refractivity contribution is -0.135. The number of carbonyl (C=O) groups is 1. The first kappa shape index (κ1) is 18.6. The predicted octanol–water partition coefficient (Wildman–Crippen LogP) is 4.05. The molecule has 0 bridgehead atoms. The highest BCUT2D eigenvalue weighted by Gasteiger charge is 2.32. The molecule has 4 heteroatoms. The highest BCUT2D eigenvalue weighted by molar-refractivity contribution is 6.74. The third-order valence-electron chi connectivity index (χ3n) is 4.26. The van der Waals surface area contributed by atoms with Crippen molar-refractivity contribution in [3.8, 4) is 0 Å². The summed E-state index contributed by atoms with van der Waals surface area (Å²) in [4.78, 5) is 14.3. The quantitative estimate of drug-likeness (QED) is 0.424. The molecule has 0 atom stereocenters. The minimum atomic E-state index is -1.74. The molecule has 0 aromatic heterocycles. The summed E-state index contributed by atoms with van der Waals surface area (Å²) in [5.41, 5.74) is 0. The molecule has 0 unspecified atom stereocenters. The van der Waals surface area contributed by atoms with Gasteiger partial charge >= 0.3 is 0 Å². The number of hydrogen-bond donors (Lipinski definition) is 0. The summed E-state index contributed by atoms with van der Waals surface area (Å²) in [5, 5.41) is 0. The average molecular weight is 288 g/mol. The van der Waals surface area contributed by atoms with Crippen LogP contribution in [0, 0.1) is 0 Å². The van der Waals surface area contributed by atoms with Gasteiger partial charge in [-0.3, -0.25) is 4.79 Å². The maximum Gasteiger partial charge on any atom is 0.292 e. The normalized spacial score (nSPS) is 11.9. The molecule has 0 saturated heterocycles. The zero-order valence-electron chi connectivity index (χ0n) is 13.6. The lowest BCUT2D eigenvalue weighted by Crippen LogP contribution is -2.38. The molecule has 0 saturated carbocycles. The first-order chi connectivity index (χ1) is 9.07. The van der Waals surface area contributed by atoms with E-state index in [1.807, 2.05) is 0 Å². The van der Waals surface area contributed by atoms with Crippen LogP contribution < -0.4 is 0 Å². The minimum Gasteiger partial charge on any atom is -0.519 e. The molecule has 0 rings (SSSR count). The van der Waals surface area contributed by atoms with Crippen molar-refractivity contribution in [2.45, 2.75) is 72.0 Å². The maximum atomic E-state index is 11.9. The van der Waals surface area contributed by atoms with Crippen molar-refractivity contribution in [1.29, 1.82) is 0 Å². The zero-order valence-corrected chi connectivity index (χ0v) is 14.6. The van der Waals surface area contributed by atoms with E-state index in [0.29, 0.717) is 6.42 Å². The number of rotatable bonds is 11. The van der Waals surface area contributed by atoms with Crippen molar-refractivity contribution in [3.63, 3.8) is 0 Å². The van der Waals surface area contributed by atoms with Crippen LogP contribution >= 0.6 is 0 Å². The molecule has 0 aromatic rings.